The van der Waals surface area contributed by atoms with Crippen LogP contribution < -0.4 is 0 Å². The van der Waals surface area contributed by atoms with Crippen molar-refractivity contribution in [3.63, 3.8) is 0 Å². The van der Waals surface area contributed by atoms with Crippen molar-refractivity contribution in [2.24, 2.45) is 45.3 Å². The van der Waals surface area contributed by atoms with E-state index in [9.17, 15) is 15.3 Å². The first kappa shape index (κ1) is 25.5. The fourth-order valence-electron chi connectivity index (χ4n) is 11.3. The second-order valence-corrected chi connectivity index (χ2v) is 15.5. The van der Waals surface area contributed by atoms with Crippen LogP contribution >= 0.6 is 0 Å². The van der Waals surface area contributed by atoms with E-state index in [4.69, 9.17) is 4.74 Å². The number of hydrogen-bond acceptors (Lipinski definition) is 4. The summed E-state index contributed by atoms with van der Waals surface area (Å²) in [5, 5.41) is 33.3. The second kappa shape index (κ2) is 7.45. The summed E-state index contributed by atoms with van der Waals surface area (Å²) in [5.41, 5.74) is -0.846. The fraction of sp³-hybridized carbons (Fsp3) is 1.00. The first-order valence-electron chi connectivity index (χ1n) is 14.3. The highest BCUT2D eigenvalue weighted by Crippen LogP contribution is 2.76. The van der Waals surface area contributed by atoms with Gasteiger partial charge in [0, 0.05) is 0 Å². The molecule has 1 heterocycles. The molecule has 11 atom stereocenters. The fourth-order valence-corrected chi connectivity index (χ4v) is 11.3. The van der Waals surface area contributed by atoms with Gasteiger partial charge in [0.15, 0.2) is 0 Å². The molecule has 34 heavy (non-hydrogen) atoms. The molecule has 5 rings (SSSR count). The Morgan fingerprint density at radius 1 is 0.765 bits per heavy atom. The normalized spacial score (nSPS) is 57.1. The molecule has 1 saturated heterocycles. The maximum absolute atomic E-state index is 11.8. The maximum atomic E-state index is 11.8. The summed E-state index contributed by atoms with van der Waals surface area (Å²) in [6.07, 6.45) is 8.83. The number of aliphatic hydroxyl groups excluding tert-OH is 2. The summed E-state index contributed by atoms with van der Waals surface area (Å²) >= 11 is 0. The van der Waals surface area contributed by atoms with E-state index in [2.05, 4.69) is 41.5 Å². The van der Waals surface area contributed by atoms with Gasteiger partial charge in [-0.25, -0.2) is 0 Å². The molecule has 4 heteroatoms. The zero-order valence-corrected chi connectivity index (χ0v) is 23.2. The van der Waals surface area contributed by atoms with Crippen LogP contribution in [0.1, 0.15) is 113 Å². The zero-order chi connectivity index (χ0) is 25.1. The lowest BCUT2D eigenvalue weighted by atomic mass is 9.35. The van der Waals surface area contributed by atoms with Crippen LogP contribution in [0.4, 0.5) is 0 Å². The Hall–Kier alpha value is -0.160. The van der Waals surface area contributed by atoms with Gasteiger partial charge in [-0.1, -0.05) is 34.6 Å². The summed E-state index contributed by atoms with van der Waals surface area (Å²) in [6.45, 7) is 18.0. The van der Waals surface area contributed by atoms with Crippen molar-refractivity contribution in [3.8, 4) is 0 Å². The molecular weight excluding hydrogens is 424 g/mol. The number of fused-ring (bicyclic) bond motifs is 5. The summed E-state index contributed by atoms with van der Waals surface area (Å²) in [4.78, 5) is 0. The van der Waals surface area contributed by atoms with Crippen LogP contribution in [0.2, 0.25) is 0 Å². The van der Waals surface area contributed by atoms with E-state index in [1.54, 1.807) is 0 Å². The molecule has 0 aromatic rings. The van der Waals surface area contributed by atoms with Gasteiger partial charge < -0.3 is 20.1 Å². The van der Waals surface area contributed by atoms with Crippen LogP contribution in [-0.2, 0) is 4.74 Å². The first-order valence-corrected chi connectivity index (χ1v) is 14.3. The van der Waals surface area contributed by atoms with Gasteiger partial charge in [-0.05, 0) is 124 Å². The molecule has 0 bridgehead atoms. The number of rotatable bonds is 2. The van der Waals surface area contributed by atoms with Crippen LogP contribution in [0.15, 0.2) is 0 Å². The van der Waals surface area contributed by atoms with E-state index in [0.717, 1.165) is 32.1 Å². The average molecular weight is 477 g/mol. The van der Waals surface area contributed by atoms with Crippen molar-refractivity contribution in [2.75, 3.05) is 0 Å². The Balaban J connectivity index is 1.47. The monoisotopic (exact) mass is 476 g/mol. The molecular formula is C30H52O4. The third kappa shape index (κ3) is 3.16. The van der Waals surface area contributed by atoms with Crippen molar-refractivity contribution in [3.05, 3.63) is 0 Å². The number of aliphatic hydroxyl groups is 3. The van der Waals surface area contributed by atoms with Crippen molar-refractivity contribution in [1.29, 1.82) is 0 Å². The van der Waals surface area contributed by atoms with Gasteiger partial charge >= 0.3 is 0 Å². The lowest BCUT2D eigenvalue weighted by molar-refractivity contribution is -0.259. The lowest BCUT2D eigenvalue weighted by Gasteiger charge is -2.71. The standard InChI is InChI=1S/C30H52O4/c1-25(2)22(32)12-14-27(5)21-10-9-18-19(30(8)16-13-23(34-30)26(3,4)33)11-15-28(18,6)29(21,7)17-20(31)24(25)27/h18-24,31-33H,9-17H2,1-8H3/t18?,19-,20+,21?,22+,23-,24?,27+,28+,29+,30-/m0/s1. The molecule has 4 aliphatic carbocycles. The molecule has 0 aromatic heterocycles. The van der Waals surface area contributed by atoms with Gasteiger partial charge in [-0.2, -0.15) is 0 Å². The molecule has 0 aromatic carbocycles. The Morgan fingerprint density at radius 3 is 2.06 bits per heavy atom. The smallest absolute Gasteiger partial charge is 0.0865 e. The van der Waals surface area contributed by atoms with Crippen molar-refractivity contribution in [2.45, 2.75) is 143 Å². The van der Waals surface area contributed by atoms with Crippen LogP contribution in [0.25, 0.3) is 0 Å². The largest absolute Gasteiger partial charge is 0.393 e. The molecule has 3 unspecified atom stereocenters. The third-order valence-electron chi connectivity index (χ3n) is 13.1. The van der Waals surface area contributed by atoms with Crippen LogP contribution in [0.3, 0.4) is 0 Å². The molecule has 3 N–H and O–H groups in total. The van der Waals surface area contributed by atoms with E-state index < -0.39 is 5.60 Å². The Bertz CT molecular complexity index is 817. The molecule has 196 valence electrons. The summed E-state index contributed by atoms with van der Waals surface area (Å²) in [6, 6.07) is 0. The van der Waals surface area contributed by atoms with Gasteiger partial charge in [0.1, 0.15) is 0 Å². The molecule has 1 aliphatic heterocycles. The van der Waals surface area contributed by atoms with Gasteiger partial charge in [0.2, 0.25) is 0 Å². The van der Waals surface area contributed by atoms with E-state index >= 15 is 0 Å². The molecule has 0 amide bonds. The van der Waals surface area contributed by atoms with Gasteiger partial charge in [-0.3, -0.25) is 0 Å². The third-order valence-corrected chi connectivity index (χ3v) is 13.1. The topological polar surface area (TPSA) is 69.9 Å². The van der Waals surface area contributed by atoms with Crippen LogP contribution in [-0.4, -0.2) is 44.8 Å². The van der Waals surface area contributed by atoms with Gasteiger partial charge in [-0.15, -0.1) is 0 Å². The predicted molar refractivity (Wildman–Crippen MR) is 135 cm³/mol. The average Bonchev–Trinajstić information content (AvgIpc) is 3.27. The minimum Gasteiger partial charge on any atom is -0.393 e. The van der Waals surface area contributed by atoms with Gasteiger partial charge in [0.25, 0.3) is 0 Å². The quantitative estimate of drug-likeness (QED) is 0.477. The highest BCUT2D eigenvalue weighted by Gasteiger charge is 2.71. The van der Waals surface area contributed by atoms with E-state index in [-0.39, 0.29) is 51.5 Å². The van der Waals surface area contributed by atoms with Crippen molar-refractivity contribution in [1.82, 2.24) is 0 Å². The molecule has 4 saturated carbocycles. The SMILES string of the molecule is CC(C)(O)[C@@H]1CC[C@@](C)([C@H]2CC[C@]3(C)C2CCC2[C@@]4(C)CC[C@@H](O)C(C)(C)C4[C@H](O)C[C@]23C)O1. The Kier molecular flexibility index (Phi) is 5.59. The Morgan fingerprint density at radius 2 is 1.44 bits per heavy atom. The molecule has 4 nitrogen and oxygen atoms in total. The molecule has 5 fully saturated rings. The van der Waals surface area contributed by atoms with E-state index in [1.165, 1.54) is 25.7 Å². The van der Waals surface area contributed by atoms with E-state index in [0.29, 0.717) is 17.8 Å². The molecule has 0 spiro atoms. The van der Waals surface area contributed by atoms with Crippen LogP contribution in [0, 0.1) is 45.3 Å². The minimum atomic E-state index is -0.793. The van der Waals surface area contributed by atoms with Crippen molar-refractivity contribution < 1.29 is 20.1 Å². The summed E-state index contributed by atoms with van der Waals surface area (Å²) in [5.74, 6) is 1.87. The summed E-state index contributed by atoms with van der Waals surface area (Å²) in [7, 11) is 0. The first-order chi connectivity index (χ1) is 15.5. The molecule has 5 aliphatic rings. The highest BCUT2D eigenvalue weighted by molar-refractivity contribution is 5.20. The van der Waals surface area contributed by atoms with Crippen molar-refractivity contribution >= 4 is 0 Å². The van der Waals surface area contributed by atoms with E-state index in [1.807, 2.05) is 13.8 Å². The number of hydrogen-bond donors (Lipinski definition) is 3. The lowest BCUT2D eigenvalue weighted by Crippen LogP contribution is -2.68. The predicted octanol–water partition coefficient (Wildman–Crippen LogP) is 5.71. The van der Waals surface area contributed by atoms with Gasteiger partial charge in [0.05, 0.1) is 29.5 Å². The number of ether oxygens (including phenoxy) is 1. The maximum Gasteiger partial charge on any atom is 0.0865 e. The molecule has 0 radical (unpaired) electrons. The van der Waals surface area contributed by atoms with Crippen LogP contribution in [0.5, 0.6) is 0 Å². The zero-order valence-electron chi connectivity index (χ0n) is 23.2. The highest BCUT2D eigenvalue weighted by atomic mass is 16.5. The summed E-state index contributed by atoms with van der Waals surface area (Å²) < 4.78 is 6.70. The minimum absolute atomic E-state index is 0.0704. The second-order valence-electron chi connectivity index (χ2n) is 15.5. The Labute approximate surface area is 208 Å².